The Morgan fingerprint density at radius 1 is 1.08 bits per heavy atom. The number of rotatable bonds is 2. The third kappa shape index (κ3) is 4.41. The first-order valence-electron chi connectivity index (χ1n) is 7.14. The van der Waals surface area contributed by atoms with E-state index in [1.807, 2.05) is 0 Å². The predicted octanol–water partition coefficient (Wildman–Crippen LogP) is 5.90. The zero-order valence-corrected chi connectivity index (χ0v) is 15.1. The van der Waals surface area contributed by atoms with Gasteiger partial charge < -0.3 is 5.32 Å². The van der Waals surface area contributed by atoms with Crippen molar-refractivity contribution in [2.45, 2.75) is 6.18 Å². The Labute approximate surface area is 160 Å². The van der Waals surface area contributed by atoms with Gasteiger partial charge in [-0.05, 0) is 53.7 Å². The van der Waals surface area contributed by atoms with E-state index in [1.165, 1.54) is 6.07 Å². The van der Waals surface area contributed by atoms with E-state index < -0.39 is 16.8 Å². The first-order chi connectivity index (χ1) is 12.2. The van der Waals surface area contributed by atoms with Gasteiger partial charge in [-0.25, -0.2) is 4.99 Å². The molecule has 2 aromatic rings. The van der Waals surface area contributed by atoms with E-state index in [0.29, 0.717) is 9.93 Å². The second-order valence-corrected chi connectivity index (χ2v) is 7.07. The van der Waals surface area contributed by atoms with Gasteiger partial charge in [-0.15, -0.1) is 0 Å². The van der Waals surface area contributed by atoms with Crippen molar-refractivity contribution >= 4 is 57.8 Å². The standard InChI is InChI=1S/C17H9Cl2F3N2OS/c18-10-3-1-9(2-4-10)7-14-15(25)24-16(26-14)23-11-5-6-13(19)12(8-11)17(20,21)22/h1-8H,(H,23,24,25). The second kappa shape index (κ2) is 7.34. The van der Waals surface area contributed by atoms with Crippen LogP contribution in [0, 0.1) is 0 Å². The molecule has 2 aromatic carbocycles. The minimum absolute atomic E-state index is 0.0391. The molecule has 0 radical (unpaired) electrons. The quantitative estimate of drug-likeness (QED) is 0.618. The van der Waals surface area contributed by atoms with Crippen molar-refractivity contribution in [3.63, 3.8) is 0 Å². The molecule has 0 unspecified atom stereocenters. The fraction of sp³-hybridized carbons (Fsp3) is 0.0588. The molecule has 9 heteroatoms. The van der Waals surface area contributed by atoms with Crippen molar-refractivity contribution < 1.29 is 18.0 Å². The normalized spacial score (nSPS) is 17.8. The predicted molar refractivity (Wildman–Crippen MR) is 98.7 cm³/mol. The van der Waals surface area contributed by atoms with Gasteiger partial charge in [0.1, 0.15) is 0 Å². The molecule has 1 N–H and O–H groups in total. The van der Waals surface area contributed by atoms with E-state index in [2.05, 4.69) is 10.3 Å². The maximum Gasteiger partial charge on any atom is 0.417 e. The molecule has 26 heavy (non-hydrogen) atoms. The molecule has 3 rings (SSSR count). The highest BCUT2D eigenvalue weighted by Gasteiger charge is 2.33. The second-order valence-electron chi connectivity index (χ2n) is 5.20. The number of nitrogens with one attached hydrogen (secondary N) is 1. The van der Waals surface area contributed by atoms with Crippen LogP contribution in [0.2, 0.25) is 10.0 Å². The number of halogens is 5. The van der Waals surface area contributed by atoms with E-state index in [1.54, 1.807) is 30.3 Å². The van der Waals surface area contributed by atoms with E-state index >= 15 is 0 Å². The zero-order chi connectivity index (χ0) is 18.9. The van der Waals surface area contributed by atoms with E-state index in [0.717, 1.165) is 29.5 Å². The number of nitrogens with zero attached hydrogens (tertiary/aromatic N) is 1. The monoisotopic (exact) mass is 416 g/mol. The van der Waals surface area contributed by atoms with E-state index in [-0.39, 0.29) is 16.8 Å². The summed E-state index contributed by atoms with van der Waals surface area (Å²) in [6, 6.07) is 10.2. The van der Waals surface area contributed by atoms with Crippen LogP contribution in [0.15, 0.2) is 52.4 Å². The number of carbonyl (C=O) groups is 1. The topological polar surface area (TPSA) is 41.5 Å². The highest BCUT2D eigenvalue weighted by atomic mass is 35.5. The number of hydrogen-bond donors (Lipinski definition) is 1. The van der Waals surface area contributed by atoms with Gasteiger partial charge in [0.15, 0.2) is 5.17 Å². The van der Waals surface area contributed by atoms with Crippen LogP contribution in [0.4, 0.5) is 18.9 Å². The maximum absolute atomic E-state index is 12.9. The number of thioether (sulfide) groups is 1. The summed E-state index contributed by atoms with van der Waals surface area (Å²) in [4.78, 5) is 16.4. The summed E-state index contributed by atoms with van der Waals surface area (Å²) in [6.45, 7) is 0. The molecule has 3 nitrogen and oxygen atoms in total. The Morgan fingerprint density at radius 2 is 1.77 bits per heavy atom. The molecule has 1 fully saturated rings. The number of benzene rings is 2. The van der Waals surface area contributed by atoms with Crippen LogP contribution < -0.4 is 5.32 Å². The molecule has 0 aromatic heterocycles. The van der Waals surface area contributed by atoms with Crippen LogP contribution in [0.1, 0.15) is 11.1 Å². The summed E-state index contributed by atoms with van der Waals surface area (Å²) < 4.78 is 38.7. The Balaban J connectivity index is 1.85. The van der Waals surface area contributed by atoms with E-state index in [9.17, 15) is 18.0 Å². The van der Waals surface area contributed by atoms with Gasteiger partial charge >= 0.3 is 6.18 Å². The molecule has 1 saturated heterocycles. The van der Waals surface area contributed by atoms with Gasteiger partial charge in [-0.2, -0.15) is 13.2 Å². The SMILES string of the molecule is O=C1NC(=Nc2ccc(Cl)c(C(F)(F)F)c2)SC1=Cc1ccc(Cl)cc1. The molecule has 1 heterocycles. The average molecular weight is 417 g/mol. The van der Waals surface area contributed by atoms with Crippen molar-refractivity contribution in [1.82, 2.24) is 5.32 Å². The molecule has 1 aliphatic rings. The molecule has 0 bridgehead atoms. The number of aliphatic imine (C=N–C) groups is 1. The number of carbonyl (C=O) groups excluding carboxylic acids is 1. The molecule has 0 atom stereocenters. The number of amidine groups is 1. The van der Waals surface area contributed by atoms with Crippen molar-refractivity contribution in [2.24, 2.45) is 4.99 Å². The number of amides is 1. The molecule has 134 valence electrons. The van der Waals surface area contributed by atoms with Crippen LogP contribution in [0.5, 0.6) is 0 Å². The fourth-order valence-electron chi connectivity index (χ4n) is 2.11. The lowest BCUT2D eigenvalue weighted by molar-refractivity contribution is -0.137. The smallest absolute Gasteiger partial charge is 0.300 e. The summed E-state index contributed by atoms with van der Waals surface area (Å²) in [6.07, 6.45) is -2.94. The summed E-state index contributed by atoms with van der Waals surface area (Å²) >= 11 is 12.4. The average Bonchev–Trinajstić information content (AvgIpc) is 2.90. The first-order valence-corrected chi connectivity index (χ1v) is 8.71. The Bertz CT molecular complexity index is 925. The van der Waals surface area contributed by atoms with Crippen molar-refractivity contribution in [1.29, 1.82) is 0 Å². The van der Waals surface area contributed by atoms with Gasteiger partial charge in [0, 0.05) is 5.02 Å². The van der Waals surface area contributed by atoms with Gasteiger partial charge in [0.05, 0.1) is 21.2 Å². The van der Waals surface area contributed by atoms with Crippen LogP contribution in [0.25, 0.3) is 6.08 Å². The molecule has 1 aliphatic heterocycles. The van der Waals surface area contributed by atoms with Crippen LogP contribution in [-0.2, 0) is 11.0 Å². The number of hydrogen-bond acceptors (Lipinski definition) is 3. The summed E-state index contributed by atoms with van der Waals surface area (Å²) in [5.74, 6) is -0.381. The van der Waals surface area contributed by atoms with Crippen molar-refractivity contribution in [3.05, 3.63) is 68.5 Å². The highest BCUT2D eigenvalue weighted by molar-refractivity contribution is 8.18. The third-order valence-electron chi connectivity index (χ3n) is 3.30. The largest absolute Gasteiger partial charge is 0.417 e. The van der Waals surface area contributed by atoms with Gasteiger partial charge in [-0.3, -0.25) is 4.79 Å². The molecule has 0 saturated carbocycles. The van der Waals surface area contributed by atoms with Crippen LogP contribution >= 0.6 is 35.0 Å². The molecule has 0 spiro atoms. The highest BCUT2D eigenvalue weighted by Crippen LogP contribution is 2.37. The Kier molecular flexibility index (Phi) is 5.32. The molecular formula is C17H9Cl2F3N2OS. The Hall–Kier alpha value is -1.96. The summed E-state index contributed by atoms with van der Waals surface area (Å²) in [5, 5.41) is 2.87. The lowest BCUT2D eigenvalue weighted by atomic mass is 10.2. The summed E-state index contributed by atoms with van der Waals surface area (Å²) in [5.41, 5.74) is -0.177. The van der Waals surface area contributed by atoms with Gasteiger partial charge in [0.25, 0.3) is 5.91 Å². The first kappa shape index (κ1) is 18.8. The van der Waals surface area contributed by atoms with Crippen molar-refractivity contribution in [2.75, 3.05) is 0 Å². The minimum atomic E-state index is -4.58. The van der Waals surface area contributed by atoms with Crippen LogP contribution in [-0.4, -0.2) is 11.1 Å². The van der Waals surface area contributed by atoms with E-state index in [4.69, 9.17) is 23.2 Å². The summed E-state index contributed by atoms with van der Waals surface area (Å²) in [7, 11) is 0. The molecule has 0 aliphatic carbocycles. The van der Waals surface area contributed by atoms with Crippen LogP contribution in [0.3, 0.4) is 0 Å². The lowest BCUT2D eigenvalue weighted by Gasteiger charge is -2.09. The molecular weight excluding hydrogens is 408 g/mol. The Morgan fingerprint density at radius 3 is 2.42 bits per heavy atom. The van der Waals surface area contributed by atoms with Gasteiger partial charge in [0.2, 0.25) is 0 Å². The zero-order valence-electron chi connectivity index (χ0n) is 12.8. The lowest BCUT2D eigenvalue weighted by Crippen LogP contribution is -2.19. The van der Waals surface area contributed by atoms with Crippen molar-refractivity contribution in [3.8, 4) is 0 Å². The van der Waals surface area contributed by atoms with Gasteiger partial charge in [-0.1, -0.05) is 35.3 Å². The fourth-order valence-corrected chi connectivity index (χ4v) is 3.30. The maximum atomic E-state index is 12.9. The molecule has 1 amide bonds. The minimum Gasteiger partial charge on any atom is -0.300 e. The number of alkyl halides is 3. The third-order valence-corrected chi connectivity index (χ3v) is 4.80.